The summed E-state index contributed by atoms with van der Waals surface area (Å²) in [5.41, 5.74) is 0.141. The third kappa shape index (κ3) is 4.76. The van der Waals surface area contributed by atoms with Crippen LogP contribution in [0.25, 0.3) is 11.1 Å². The summed E-state index contributed by atoms with van der Waals surface area (Å²) in [5.74, 6) is -0.00814. The lowest BCUT2D eigenvalue weighted by Crippen LogP contribution is -2.53. The normalized spacial score (nSPS) is 18.4. The molecule has 0 spiro atoms. The van der Waals surface area contributed by atoms with Crippen LogP contribution in [0.2, 0.25) is 0 Å². The number of terminal acetylenes is 1. The van der Waals surface area contributed by atoms with Crippen LogP contribution < -0.4 is 0 Å². The molecule has 2 aromatic rings. The first-order chi connectivity index (χ1) is 16.5. The minimum atomic E-state index is -3.04. The van der Waals surface area contributed by atoms with Crippen LogP contribution in [0.3, 0.4) is 0 Å². The summed E-state index contributed by atoms with van der Waals surface area (Å²) in [6.07, 6.45) is 11.0. The van der Waals surface area contributed by atoms with E-state index in [1.54, 1.807) is 12.1 Å². The van der Waals surface area contributed by atoms with Crippen LogP contribution in [-0.2, 0) is 19.5 Å². The number of aliphatic hydroxyl groups is 1. The third-order valence-corrected chi connectivity index (χ3v) is 8.58. The summed E-state index contributed by atoms with van der Waals surface area (Å²) in [4.78, 5) is 17.5. The van der Waals surface area contributed by atoms with Crippen LogP contribution in [0.4, 0.5) is 4.39 Å². The molecule has 0 bridgehead atoms. The van der Waals surface area contributed by atoms with Crippen molar-refractivity contribution in [3.63, 3.8) is 0 Å². The molecule has 1 aromatic carbocycles. The number of hydrogen-bond acceptors (Lipinski definition) is 5. The first-order valence-electron chi connectivity index (χ1n) is 11.8. The first-order valence-corrected chi connectivity index (χ1v) is 12.9. The smallest absolute Gasteiger partial charge is 0.477 e. The summed E-state index contributed by atoms with van der Waals surface area (Å²) in [6.45, 7) is 5.01. The van der Waals surface area contributed by atoms with Gasteiger partial charge in [0.25, 0.3) is 0 Å². The van der Waals surface area contributed by atoms with E-state index in [0.717, 1.165) is 38.5 Å². The van der Waals surface area contributed by atoms with Crippen molar-refractivity contribution in [3.05, 3.63) is 53.1 Å². The maximum Gasteiger partial charge on any atom is 0.543 e. The van der Waals surface area contributed by atoms with Crippen LogP contribution in [0.5, 0.6) is 0 Å². The highest BCUT2D eigenvalue weighted by Crippen LogP contribution is 2.54. The van der Waals surface area contributed by atoms with Gasteiger partial charge >= 0.3 is 19.2 Å². The van der Waals surface area contributed by atoms with Gasteiger partial charge in [-0.3, -0.25) is 4.98 Å². The zero-order valence-corrected chi connectivity index (χ0v) is 21.4. The van der Waals surface area contributed by atoms with E-state index in [1.165, 1.54) is 25.5 Å². The summed E-state index contributed by atoms with van der Waals surface area (Å²) >= 11 is 0. The largest absolute Gasteiger partial charge is 0.543 e. The number of aliphatic carboxylic acids is 1. The molecule has 3 rings (SSSR count). The maximum atomic E-state index is 13.8. The fourth-order valence-corrected chi connectivity index (χ4v) is 6.02. The molecule has 0 radical (unpaired) electrons. The van der Waals surface area contributed by atoms with E-state index < -0.39 is 30.6 Å². The lowest BCUT2D eigenvalue weighted by Gasteiger charge is -2.35. The highest BCUT2D eigenvalue weighted by Gasteiger charge is 2.71. The Hall–Kier alpha value is -2.65. The number of carboxylic acids is 1. The third-order valence-electron chi connectivity index (χ3n) is 6.94. The molecular weight excluding hydrogens is 468 g/mol. The van der Waals surface area contributed by atoms with Crippen LogP contribution in [0.15, 0.2) is 30.3 Å². The van der Waals surface area contributed by atoms with Crippen molar-refractivity contribution in [2.24, 2.45) is 0 Å². The Kier molecular flexibility index (Phi) is 8.11. The molecule has 0 saturated heterocycles. The SMILES string of the molecule is C#CC(C(=O)O)([P+](=O)OC)C(C)(O)c1c(-c2ccc(F)cc2)cc(C2CCCCC2)nc1C(C)C. The first kappa shape index (κ1) is 26.9. The van der Waals surface area contributed by atoms with E-state index in [0.29, 0.717) is 16.8 Å². The molecule has 1 aliphatic rings. The Morgan fingerprint density at radius 2 is 1.86 bits per heavy atom. The van der Waals surface area contributed by atoms with E-state index in [2.05, 4.69) is 5.92 Å². The van der Waals surface area contributed by atoms with E-state index in [-0.39, 0.29) is 17.4 Å². The van der Waals surface area contributed by atoms with Gasteiger partial charge in [-0.1, -0.05) is 45.2 Å². The maximum absolute atomic E-state index is 13.8. The second-order valence-corrected chi connectivity index (χ2v) is 11.1. The molecule has 6 nitrogen and oxygen atoms in total. The van der Waals surface area contributed by atoms with Gasteiger partial charge in [-0.15, -0.1) is 10.9 Å². The predicted octanol–water partition coefficient (Wildman–Crippen LogP) is 6.11. The molecule has 1 saturated carbocycles. The zero-order valence-electron chi connectivity index (χ0n) is 20.5. The molecule has 2 N–H and O–H groups in total. The number of carbonyl (C=O) groups is 1. The Labute approximate surface area is 206 Å². The molecule has 1 heterocycles. The van der Waals surface area contributed by atoms with Crippen molar-refractivity contribution in [2.75, 3.05) is 7.11 Å². The van der Waals surface area contributed by atoms with E-state index in [1.807, 2.05) is 19.9 Å². The topological polar surface area (TPSA) is 96.7 Å². The lowest BCUT2D eigenvalue weighted by atomic mass is 9.75. The van der Waals surface area contributed by atoms with Crippen molar-refractivity contribution in [1.82, 2.24) is 4.98 Å². The van der Waals surface area contributed by atoms with Crippen LogP contribution in [-0.4, -0.2) is 33.4 Å². The van der Waals surface area contributed by atoms with Gasteiger partial charge in [0.1, 0.15) is 5.82 Å². The van der Waals surface area contributed by atoms with Gasteiger partial charge in [0.2, 0.25) is 0 Å². The van der Waals surface area contributed by atoms with Crippen molar-refractivity contribution in [3.8, 4) is 23.5 Å². The fourth-order valence-electron chi connectivity index (χ4n) is 5.02. The predicted molar refractivity (Wildman–Crippen MR) is 133 cm³/mol. The number of aromatic nitrogens is 1. The highest BCUT2D eigenvalue weighted by atomic mass is 31.1. The second kappa shape index (κ2) is 10.5. The average Bonchev–Trinajstić information content (AvgIpc) is 2.84. The average molecular weight is 501 g/mol. The standard InChI is InChI=1S/C27H31FNO5P/c1-6-27(25(30)31,35(33)34-5)26(4,32)23-21(18-12-14-20(28)15-13-18)16-22(29-24(23)17(2)3)19-10-8-7-9-11-19/h1,12-17,19,32H,7-11H2,2-5H3/p+1. The molecule has 1 fully saturated rings. The second-order valence-electron chi connectivity index (χ2n) is 9.52. The Balaban J connectivity index is 2.43. The van der Waals surface area contributed by atoms with Crippen molar-refractivity contribution < 1.29 is 28.5 Å². The number of carboxylic acid groups (broad SMARTS) is 1. The van der Waals surface area contributed by atoms with Gasteiger partial charge < -0.3 is 10.2 Å². The zero-order chi connectivity index (χ0) is 26.0. The molecule has 186 valence electrons. The number of rotatable bonds is 8. The highest BCUT2D eigenvalue weighted by molar-refractivity contribution is 7.43. The molecule has 3 unspecified atom stereocenters. The number of pyridine rings is 1. The molecular formula is C27H32FNO5P+. The Bertz CT molecular complexity index is 1150. The van der Waals surface area contributed by atoms with Crippen molar-refractivity contribution in [2.45, 2.75) is 75.5 Å². The Morgan fingerprint density at radius 1 is 1.26 bits per heavy atom. The van der Waals surface area contributed by atoms with Gasteiger partial charge in [0, 0.05) is 17.2 Å². The molecule has 1 aromatic heterocycles. The molecule has 1 aliphatic carbocycles. The van der Waals surface area contributed by atoms with E-state index in [9.17, 15) is 24.0 Å². The van der Waals surface area contributed by atoms with Gasteiger partial charge in [0.15, 0.2) is 5.60 Å². The van der Waals surface area contributed by atoms with E-state index in [4.69, 9.17) is 15.9 Å². The number of benzene rings is 1. The molecule has 8 heteroatoms. The summed E-state index contributed by atoms with van der Waals surface area (Å²) in [5, 5.41) is 19.6. The fraction of sp³-hybridized carbons (Fsp3) is 0.481. The summed E-state index contributed by atoms with van der Waals surface area (Å²) in [6, 6.07) is 7.55. The molecule has 0 amide bonds. The van der Waals surface area contributed by atoms with Crippen LogP contribution in [0, 0.1) is 18.2 Å². The minimum absolute atomic E-state index is 0.152. The molecule has 35 heavy (non-hydrogen) atoms. The Morgan fingerprint density at radius 3 is 2.34 bits per heavy atom. The summed E-state index contributed by atoms with van der Waals surface area (Å²) in [7, 11) is -1.96. The van der Waals surface area contributed by atoms with Crippen molar-refractivity contribution >= 4 is 14.0 Å². The quantitative estimate of drug-likeness (QED) is 0.335. The van der Waals surface area contributed by atoms with E-state index >= 15 is 0 Å². The van der Waals surface area contributed by atoms with Crippen LogP contribution in [0.1, 0.15) is 81.7 Å². The van der Waals surface area contributed by atoms with Gasteiger partial charge in [-0.05, 0) is 65.5 Å². The monoisotopic (exact) mass is 500 g/mol. The van der Waals surface area contributed by atoms with Gasteiger partial charge in [-0.25, -0.2) is 9.18 Å². The minimum Gasteiger partial charge on any atom is -0.477 e. The number of hydrogen-bond donors (Lipinski definition) is 2. The molecule has 0 aliphatic heterocycles. The van der Waals surface area contributed by atoms with Crippen LogP contribution >= 0.6 is 8.03 Å². The number of nitrogens with zero attached hydrogens (tertiary/aromatic N) is 1. The van der Waals surface area contributed by atoms with Gasteiger partial charge in [0.05, 0.1) is 12.8 Å². The summed E-state index contributed by atoms with van der Waals surface area (Å²) < 4.78 is 31.7. The molecule has 3 atom stereocenters. The lowest BCUT2D eigenvalue weighted by molar-refractivity contribution is -0.145. The van der Waals surface area contributed by atoms with Gasteiger partial charge in [-0.2, -0.15) is 0 Å². The number of halogens is 1. The van der Waals surface area contributed by atoms with Crippen molar-refractivity contribution in [1.29, 1.82) is 0 Å².